The van der Waals surface area contributed by atoms with Gasteiger partial charge < -0.3 is 4.74 Å². The molecule has 0 atom stereocenters. The highest BCUT2D eigenvalue weighted by molar-refractivity contribution is 9.10. The lowest BCUT2D eigenvalue weighted by atomic mass is 10.1. The van der Waals surface area contributed by atoms with Crippen LogP contribution >= 0.6 is 27.7 Å². The molecule has 3 rings (SSSR count). The Balaban J connectivity index is 1.95. The standard InChI is InChI=1S/C21H15BrN2O3S/c1-2-6-15-11-14(12-17(22)19(15)27-10-9-23)13-18-20(25)24(21(26)28-18)16-7-4-3-5-8-16/h2-5,7-8,11-13H,1,6,10H2/b18-13-. The number of imide groups is 1. The van der Waals surface area contributed by atoms with Crippen LogP contribution in [0, 0.1) is 11.3 Å². The van der Waals surface area contributed by atoms with Crippen molar-refractivity contribution in [3.05, 3.63) is 75.6 Å². The number of nitrogens with zero attached hydrogens (tertiary/aromatic N) is 2. The van der Waals surface area contributed by atoms with Crippen LogP contribution in [0.15, 0.2) is 64.5 Å². The van der Waals surface area contributed by atoms with E-state index in [4.69, 9.17) is 10.00 Å². The molecule has 1 aliphatic heterocycles. The van der Waals surface area contributed by atoms with Gasteiger partial charge in [-0.2, -0.15) is 5.26 Å². The third-order valence-electron chi connectivity index (χ3n) is 3.89. The second-order valence-corrected chi connectivity index (χ2v) is 7.63. The van der Waals surface area contributed by atoms with Crippen LogP contribution in [0.1, 0.15) is 11.1 Å². The summed E-state index contributed by atoms with van der Waals surface area (Å²) in [5, 5.41) is 8.43. The van der Waals surface area contributed by atoms with E-state index in [0.29, 0.717) is 27.2 Å². The molecule has 2 aromatic rings. The van der Waals surface area contributed by atoms with Crippen LogP contribution in [-0.4, -0.2) is 17.8 Å². The van der Waals surface area contributed by atoms with Gasteiger partial charge in [-0.1, -0.05) is 24.3 Å². The molecule has 0 unspecified atom stereocenters. The van der Waals surface area contributed by atoms with Crippen molar-refractivity contribution < 1.29 is 14.3 Å². The SMILES string of the molecule is C=CCc1cc(/C=C2\SC(=O)N(c3ccccc3)C2=O)cc(Br)c1OCC#N. The predicted octanol–water partition coefficient (Wildman–Crippen LogP) is 5.32. The molecular formula is C21H15BrN2O3S. The van der Waals surface area contributed by atoms with Gasteiger partial charge >= 0.3 is 0 Å². The first-order valence-electron chi connectivity index (χ1n) is 8.31. The molecule has 0 aliphatic carbocycles. The van der Waals surface area contributed by atoms with E-state index in [-0.39, 0.29) is 17.8 Å². The Morgan fingerprint density at radius 3 is 2.68 bits per heavy atom. The third-order valence-corrected chi connectivity index (χ3v) is 5.35. The average Bonchev–Trinajstić information content (AvgIpc) is 2.95. The van der Waals surface area contributed by atoms with Crippen LogP contribution in [-0.2, 0) is 11.2 Å². The lowest BCUT2D eigenvalue weighted by molar-refractivity contribution is -0.113. The van der Waals surface area contributed by atoms with E-state index in [1.54, 1.807) is 42.5 Å². The number of benzene rings is 2. The van der Waals surface area contributed by atoms with Crippen LogP contribution in [0.5, 0.6) is 5.75 Å². The van der Waals surface area contributed by atoms with Crippen molar-refractivity contribution in [1.29, 1.82) is 5.26 Å². The summed E-state index contributed by atoms with van der Waals surface area (Å²) in [5.41, 5.74) is 2.11. The monoisotopic (exact) mass is 454 g/mol. The van der Waals surface area contributed by atoms with Gasteiger partial charge in [-0.15, -0.1) is 6.58 Å². The molecule has 1 fully saturated rings. The van der Waals surface area contributed by atoms with E-state index in [1.807, 2.05) is 18.2 Å². The van der Waals surface area contributed by atoms with Gasteiger partial charge in [0.05, 0.1) is 15.1 Å². The fraction of sp³-hybridized carbons (Fsp3) is 0.0952. The van der Waals surface area contributed by atoms with Gasteiger partial charge in [0.15, 0.2) is 6.61 Å². The van der Waals surface area contributed by atoms with Crippen molar-refractivity contribution in [2.24, 2.45) is 0 Å². The minimum Gasteiger partial charge on any atom is -0.477 e. The molecule has 0 radical (unpaired) electrons. The topological polar surface area (TPSA) is 70.4 Å². The lowest BCUT2D eigenvalue weighted by Crippen LogP contribution is -2.27. The van der Waals surface area contributed by atoms with Crippen molar-refractivity contribution in [2.45, 2.75) is 6.42 Å². The molecule has 28 heavy (non-hydrogen) atoms. The van der Waals surface area contributed by atoms with E-state index < -0.39 is 0 Å². The van der Waals surface area contributed by atoms with Gasteiger partial charge in [-0.3, -0.25) is 9.59 Å². The Morgan fingerprint density at radius 2 is 2.00 bits per heavy atom. The molecule has 140 valence electrons. The van der Waals surface area contributed by atoms with Crippen molar-refractivity contribution in [3.8, 4) is 11.8 Å². The third kappa shape index (κ3) is 4.19. The highest BCUT2D eigenvalue weighted by atomic mass is 79.9. The molecule has 0 spiro atoms. The number of para-hydroxylation sites is 1. The lowest BCUT2D eigenvalue weighted by Gasteiger charge is -2.12. The summed E-state index contributed by atoms with van der Waals surface area (Å²) in [6.45, 7) is 3.67. The van der Waals surface area contributed by atoms with Crippen molar-refractivity contribution in [1.82, 2.24) is 0 Å². The maximum atomic E-state index is 12.8. The molecule has 0 bridgehead atoms. The summed E-state index contributed by atoms with van der Waals surface area (Å²) < 4.78 is 6.16. The number of hydrogen-bond donors (Lipinski definition) is 0. The highest BCUT2D eigenvalue weighted by Gasteiger charge is 2.36. The minimum absolute atomic E-state index is 0.0714. The van der Waals surface area contributed by atoms with Crippen LogP contribution < -0.4 is 9.64 Å². The summed E-state index contributed by atoms with van der Waals surface area (Å²) in [6.07, 6.45) is 3.94. The molecule has 7 heteroatoms. The van der Waals surface area contributed by atoms with Gasteiger partial charge in [-0.05, 0) is 75.6 Å². The highest BCUT2D eigenvalue weighted by Crippen LogP contribution is 2.37. The Bertz CT molecular complexity index is 1010. The smallest absolute Gasteiger partial charge is 0.298 e. The molecule has 0 aromatic heterocycles. The molecule has 2 aromatic carbocycles. The normalized spacial score (nSPS) is 15.0. The largest absolute Gasteiger partial charge is 0.477 e. The number of amides is 2. The number of rotatable bonds is 6. The molecule has 0 N–H and O–H groups in total. The first kappa shape index (κ1) is 19.9. The van der Waals surface area contributed by atoms with E-state index in [9.17, 15) is 9.59 Å². The van der Waals surface area contributed by atoms with Crippen molar-refractivity contribution in [3.63, 3.8) is 0 Å². The van der Waals surface area contributed by atoms with E-state index in [0.717, 1.165) is 22.9 Å². The maximum Gasteiger partial charge on any atom is 0.298 e. The first-order chi connectivity index (χ1) is 13.5. The van der Waals surface area contributed by atoms with Crippen molar-refractivity contribution in [2.75, 3.05) is 11.5 Å². The van der Waals surface area contributed by atoms with Gasteiger partial charge in [0, 0.05) is 0 Å². The van der Waals surface area contributed by atoms with Gasteiger partial charge in [0.25, 0.3) is 11.1 Å². The number of carbonyl (C=O) groups is 2. The Kier molecular flexibility index (Phi) is 6.34. The molecule has 1 aliphatic rings. The zero-order valence-electron chi connectivity index (χ0n) is 14.7. The number of anilines is 1. The van der Waals surface area contributed by atoms with Gasteiger partial charge in [-0.25, -0.2) is 4.90 Å². The number of thioether (sulfide) groups is 1. The molecule has 1 heterocycles. The molecule has 5 nitrogen and oxygen atoms in total. The summed E-state index contributed by atoms with van der Waals surface area (Å²) in [6, 6.07) is 14.4. The number of allylic oxidation sites excluding steroid dienone is 1. The van der Waals surface area contributed by atoms with Gasteiger partial charge in [0.1, 0.15) is 11.8 Å². The number of carbonyl (C=O) groups excluding carboxylic acids is 2. The van der Waals surface area contributed by atoms with Crippen LogP contribution in [0.3, 0.4) is 0 Å². The predicted molar refractivity (Wildman–Crippen MR) is 114 cm³/mol. The molecular weight excluding hydrogens is 440 g/mol. The second kappa shape index (κ2) is 8.91. The fourth-order valence-electron chi connectivity index (χ4n) is 2.75. The Morgan fingerprint density at radius 1 is 1.25 bits per heavy atom. The number of halogens is 1. The van der Waals surface area contributed by atoms with E-state index in [1.165, 1.54) is 4.90 Å². The summed E-state index contributed by atoms with van der Waals surface area (Å²) in [4.78, 5) is 26.6. The van der Waals surface area contributed by atoms with E-state index >= 15 is 0 Å². The van der Waals surface area contributed by atoms with Crippen molar-refractivity contribution >= 4 is 50.6 Å². The zero-order valence-corrected chi connectivity index (χ0v) is 17.1. The Labute approximate surface area is 175 Å². The van der Waals surface area contributed by atoms with Crippen LogP contribution in [0.25, 0.3) is 6.08 Å². The second-order valence-electron chi connectivity index (χ2n) is 5.78. The quantitative estimate of drug-likeness (QED) is 0.436. The molecule has 1 saturated heterocycles. The van der Waals surface area contributed by atoms with E-state index in [2.05, 4.69) is 22.5 Å². The number of ether oxygens (including phenoxy) is 1. The van der Waals surface area contributed by atoms with Crippen LogP contribution in [0.2, 0.25) is 0 Å². The van der Waals surface area contributed by atoms with Crippen LogP contribution in [0.4, 0.5) is 10.5 Å². The fourth-order valence-corrected chi connectivity index (χ4v) is 4.22. The first-order valence-corrected chi connectivity index (χ1v) is 9.92. The summed E-state index contributed by atoms with van der Waals surface area (Å²) in [7, 11) is 0. The summed E-state index contributed by atoms with van der Waals surface area (Å²) in [5.74, 6) is 0.211. The number of nitriles is 1. The average molecular weight is 455 g/mol. The molecule has 0 saturated carbocycles. The summed E-state index contributed by atoms with van der Waals surface area (Å²) >= 11 is 4.36. The minimum atomic E-state index is -0.354. The number of hydrogen-bond acceptors (Lipinski definition) is 5. The maximum absolute atomic E-state index is 12.8. The Hall–Kier alpha value is -2.82. The molecule has 2 amide bonds. The van der Waals surface area contributed by atoms with Gasteiger partial charge in [0.2, 0.25) is 0 Å². The zero-order chi connectivity index (χ0) is 20.1.